The smallest absolute Gasteiger partial charge is 0.264 e. The first-order chi connectivity index (χ1) is 17.9. The van der Waals surface area contributed by atoms with Crippen LogP contribution in [-0.2, 0) is 17.8 Å². The van der Waals surface area contributed by atoms with E-state index in [-0.39, 0.29) is 12.5 Å². The summed E-state index contributed by atoms with van der Waals surface area (Å²) in [6.45, 7) is 4.14. The number of carbonyl (C=O) groups excluding carboxylic acids is 1. The molecule has 190 valence electrons. The number of benzene rings is 3. The number of hydrogen-bond donors (Lipinski definition) is 1. The van der Waals surface area contributed by atoms with E-state index < -0.39 is 0 Å². The molecule has 9 heteroatoms. The van der Waals surface area contributed by atoms with E-state index in [0.717, 1.165) is 22.4 Å². The van der Waals surface area contributed by atoms with Crippen LogP contribution in [0.4, 0.5) is 5.69 Å². The lowest BCUT2D eigenvalue weighted by Crippen LogP contribution is -2.19. The Bertz CT molecular complexity index is 1390. The number of hydrogen-bond acceptors (Lipinski definition) is 6. The quantitative estimate of drug-likeness (QED) is 0.223. The molecule has 3 aromatic rings. The maximum atomic E-state index is 12.6. The van der Waals surface area contributed by atoms with E-state index in [1.54, 1.807) is 38.5 Å². The molecule has 0 spiro atoms. The number of methoxy groups -OCH3 is 2. The van der Waals surface area contributed by atoms with Gasteiger partial charge in [-0.1, -0.05) is 35.3 Å². The van der Waals surface area contributed by atoms with Gasteiger partial charge in [0.25, 0.3) is 5.91 Å². The minimum Gasteiger partial charge on any atom is -0.497 e. The van der Waals surface area contributed by atoms with Gasteiger partial charge >= 0.3 is 0 Å². The second-order valence-corrected chi connectivity index (χ2v) is 9.77. The van der Waals surface area contributed by atoms with Crippen molar-refractivity contribution in [3.8, 4) is 17.2 Å². The number of ether oxygens (including phenoxy) is 3. The molecule has 0 bridgehead atoms. The molecule has 4 rings (SSSR count). The molecule has 0 saturated carbocycles. The van der Waals surface area contributed by atoms with Crippen LogP contribution in [0.1, 0.15) is 16.7 Å². The molecular formula is C28H24Cl2N2O4S. The van der Waals surface area contributed by atoms with E-state index in [1.165, 1.54) is 11.8 Å². The molecule has 0 aliphatic carbocycles. The van der Waals surface area contributed by atoms with Gasteiger partial charge in [-0.2, -0.15) is 0 Å². The third-order valence-electron chi connectivity index (χ3n) is 5.36. The molecule has 0 unspecified atom stereocenters. The van der Waals surface area contributed by atoms with E-state index in [0.29, 0.717) is 43.7 Å². The Kier molecular flexibility index (Phi) is 8.82. The highest BCUT2D eigenvalue weighted by molar-refractivity contribution is 8.18. The van der Waals surface area contributed by atoms with Crippen molar-refractivity contribution in [2.75, 3.05) is 14.2 Å². The van der Waals surface area contributed by atoms with Gasteiger partial charge < -0.3 is 19.5 Å². The maximum Gasteiger partial charge on any atom is 0.264 e. The Balaban J connectivity index is 1.58. The summed E-state index contributed by atoms with van der Waals surface area (Å²) in [5.41, 5.74) is 3.24. The van der Waals surface area contributed by atoms with Crippen LogP contribution in [0.2, 0.25) is 10.0 Å². The summed E-state index contributed by atoms with van der Waals surface area (Å²) in [5, 5.41) is 4.26. The van der Waals surface area contributed by atoms with E-state index >= 15 is 0 Å². The van der Waals surface area contributed by atoms with Crippen molar-refractivity contribution in [3.05, 3.63) is 98.9 Å². The van der Waals surface area contributed by atoms with Gasteiger partial charge in [-0.25, -0.2) is 4.99 Å². The van der Waals surface area contributed by atoms with Gasteiger partial charge in [0.15, 0.2) is 16.7 Å². The van der Waals surface area contributed by atoms with Crippen molar-refractivity contribution in [2.45, 2.75) is 13.0 Å². The summed E-state index contributed by atoms with van der Waals surface area (Å²) in [6, 6.07) is 16.4. The van der Waals surface area contributed by atoms with Crippen LogP contribution in [0.5, 0.6) is 17.2 Å². The Morgan fingerprint density at radius 2 is 1.81 bits per heavy atom. The summed E-state index contributed by atoms with van der Waals surface area (Å²) >= 11 is 13.4. The summed E-state index contributed by atoms with van der Waals surface area (Å²) in [5.74, 6) is 1.66. The summed E-state index contributed by atoms with van der Waals surface area (Å²) in [6.07, 6.45) is 4.14. The highest BCUT2D eigenvalue weighted by Gasteiger charge is 2.24. The minimum absolute atomic E-state index is 0.221. The maximum absolute atomic E-state index is 12.6. The van der Waals surface area contributed by atoms with Gasteiger partial charge in [-0.15, -0.1) is 6.58 Å². The number of thioether (sulfide) groups is 1. The van der Waals surface area contributed by atoms with E-state index in [1.807, 2.05) is 42.5 Å². The number of halogens is 2. The predicted octanol–water partition coefficient (Wildman–Crippen LogP) is 7.21. The van der Waals surface area contributed by atoms with Gasteiger partial charge in [0.1, 0.15) is 12.4 Å². The number of amides is 1. The molecule has 0 aromatic heterocycles. The summed E-state index contributed by atoms with van der Waals surface area (Å²) in [4.78, 5) is 17.7. The first-order valence-electron chi connectivity index (χ1n) is 11.2. The molecule has 1 heterocycles. The van der Waals surface area contributed by atoms with Crippen molar-refractivity contribution >= 4 is 57.8 Å². The van der Waals surface area contributed by atoms with E-state index in [4.69, 9.17) is 37.4 Å². The number of amidine groups is 1. The molecule has 1 saturated heterocycles. The van der Waals surface area contributed by atoms with Crippen LogP contribution < -0.4 is 19.5 Å². The molecule has 1 N–H and O–H groups in total. The van der Waals surface area contributed by atoms with Crippen molar-refractivity contribution in [3.63, 3.8) is 0 Å². The fourth-order valence-corrected chi connectivity index (χ4v) is 4.74. The lowest BCUT2D eigenvalue weighted by Gasteiger charge is -2.16. The first kappa shape index (κ1) is 26.7. The van der Waals surface area contributed by atoms with Crippen LogP contribution in [0, 0.1) is 0 Å². The lowest BCUT2D eigenvalue weighted by atomic mass is 10.0. The summed E-state index contributed by atoms with van der Waals surface area (Å²) in [7, 11) is 3.18. The number of allylic oxidation sites excluding steroid dienone is 1. The van der Waals surface area contributed by atoms with Gasteiger partial charge in [0, 0.05) is 5.56 Å². The molecule has 3 aromatic carbocycles. The monoisotopic (exact) mass is 554 g/mol. The first-order valence-corrected chi connectivity index (χ1v) is 12.8. The second kappa shape index (κ2) is 12.2. The zero-order valence-electron chi connectivity index (χ0n) is 20.2. The van der Waals surface area contributed by atoms with Gasteiger partial charge in [0.2, 0.25) is 0 Å². The lowest BCUT2D eigenvalue weighted by molar-refractivity contribution is -0.115. The standard InChI is InChI=1S/C28H24Cl2N2O4S/c1-4-5-19-12-18(14-24(35-3)26(19)36-16-17-6-11-22(29)23(30)13-17)15-25-27(33)32-28(37-25)31-20-7-9-21(34-2)10-8-20/h4,6-15H,1,5,16H2,2-3H3,(H,31,32,33)/b25-15+. The SMILES string of the molecule is C=CCc1cc(/C=C2/SC(=Nc3ccc(OC)cc3)NC2=O)cc(OC)c1OCc1ccc(Cl)c(Cl)c1. The Morgan fingerprint density at radius 1 is 1.03 bits per heavy atom. The zero-order chi connectivity index (χ0) is 26.4. The summed E-state index contributed by atoms with van der Waals surface area (Å²) < 4.78 is 16.9. The van der Waals surface area contributed by atoms with Crippen molar-refractivity contribution in [1.82, 2.24) is 5.32 Å². The van der Waals surface area contributed by atoms with Crippen molar-refractivity contribution in [1.29, 1.82) is 0 Å². The molecule has 1 aliphatic heterocycles. The number of aliphatic imine (C=N–C) groups is 1. The molecule has 6 nitrogen and oxygen atoms in total. The normalized spacial score (nSPS) is 15.1. The highest BCUT2D eigenvalue weighted by atomic mass is 35.5. The molecule has 37 heavy (non-hydrogen) atoms. The van der Waals surface area contributed by atoms with Crippen LogP contribution in [0.25, 0.3) is 6.08 Å². The Hall–Kier alpha value is -3.39. The van der Waals surface area contributed by atoms with Crippen molar-refractivity contribution in [2.24, 2.45) is 4.99 Å². The Morgan fingerprint density at radius 3 is 2.49 bits per heavy atom. The van der Waals surface area contributed by atoms with E-state index in [9.17, 15) is 4.79 Å². The number of rotatable bonds is 9. The number of nitrogens with zero attached hydrogens (tertiary/aromatic N) is 1. The fraction of sp³-hybridized carbons (Fsp3) is 0.143. The minimum atomic E-state index is -0.221. The fourth-order valence-electron chi connectivity index (χ4n) is 3.58. The van der Waals surface area contributed by atoms with Crippen molar-refractivity contribution < 1.29 is 19.0 Å². The Labute approximate surface area is 229 Å². The average molecular weight is 555 g/mol. The zero-order valence-corrected chi connectivity index (χ0v) is 22.5. The number of nitrogens with one attached hydrogen (secondary N) is 1. The molecule has 1 aliphatic rings. The molecule has 1 amide bonds. The predicted molar refractivity (Wildman–Crippen MR) is 151 cm³/mol. The van der Waals surface area contributed by atoms with Gasteiger partial charge in [-0.3, -0.25) is 4.79 Å². The molecular weight excluding hydrogens is 531 g/mol. The molecule has 1 fully saturated rings. The van der Waals surface area contributed by atoms with Crippen LogP contribution in [0.15, 0.2) is 77.1 Å². The highest BCUT2D eigenvalue weighted by Crippen LogP contribution is 2.37. The average Bonchev–Trinajstić information content (AvgIpc) is 3.23. The largest absolute Gasteiger partial charge is 0.497 e. The molecule has 0 radical (unpaired) electrons. The molecule has 0 atom stereocenters. The second-order valence-electron chi connectivity index (χ2n) is 7.92. The number of carbonyl (C=O) groups is 1. The van der Waals surface area contributed by atoms with Crippen LogP contribution >= 0.6 is 35.0 Å². The third-order valence-corrected chi connectivity index (χ3v) is 7.01. The topological polar surface area (TPSA) is 69.2 Å². The van der Waals surface area contributed by atoms with E-state index in [2.05, 4.69) is 16.9 Å². The van der Waals surface area contributed by atoms with Gasteiger partial charge in [-0.05, 0) is 83.9 Å². The van der Waals surface area contributed by atoms with Crippen LogP contribution in [0.3, 0.4) is 0 Å². The van der Waals surface area contributed by atoms with Gasteiger partial charge in [0.05, 0.1) is 34.9 Å². The van der Waals surface area contributed by atoms with Crippen LogP contribution in [-0.4, -0.2) is 25.3 Å². The third kappa shape index (κ3) is 6.68.